The highest BCUT2D eigenvalue weighted by Gasteiger charge is 2.11. The Morgan fingerprint density at radius 3 is 2.89 bits per heavy atom. The van der Waals surface area contributed by atoms with Crippen molar-refractivity contribution in [2.75, 3.05) is 5.32 Å². The van der Waals surface area contributed by atoms with E-state index in [-0.39, 0.29) is 11.9 Å². The predicted molar refractivity (Wildman–Crippen MR) is 71.1 cm³/mol. The molecule has 1 aromatic carbocycles. The van der Waals surface area contributed by atoms with Crippen LogP contribution >= 0.6 is 0 Å². The van der Waals surface area contributed by atoms with Gasteiger partial charge in [-0.15, -0.1) is 0 Å². The summed E-state index contributed by atoms with van der Waals surface area (Å²) < 4.78 is 15.7. The highest BCUT2D eigenvalue weighted by molar-refractivity contribution is 5.48. The molecule has 4 heteroatoms. The molecule has 18 heavy (non-hydrogen) atoms. The summed E-state index contributed by atoms with van der Waals surface area (Å²) in [7, 11) is 0. The number of aromatic nitrogens is 2. The van der Waals surface area contributed by atoms with Crippen molar-refractivity contribution >= 4 is 5.69 Å². The molecule has 0 amide bonds. The second-order valence-corrected chi connectivity index (χ2v) is 4.43. The topological polar surface area (TPSA) is 29.9 Å². The van der Waals surface area contributed by atoms with Crippen molar-refractivity contribution in [1.82, 2.24) is 9.78 Å². The Hall–Kier alpha value is -1.84. The molecule has 0 aliphatic carbocycles. The van der Waals surface area contributed by atoms with Crippen molar-refractivity contribution in [2.24, 2.45) is 0 Å². The SMILES string of the molecule is CCn1cc(C(C)Nc2cccc(C)c2F)cn1. The van der Waals surface area contributed by atoms with Crippen LogP contribution in [-0.2, 0) is 6.54 Å². The lowest BCUT2D eigenvalue weighted by molar-refractivity contribution is 0.618. The molecule has 0 saturated heterocycles. The predicted octanol–water partition coefficient (Wildman–Crippen LogP) is 3.52. The van der Waals surface area contributed by atoms with Crippen molar-refractivity contribution in [3.05, 3.63) is 47.5 Å². The first kappa shape index (κ1) is 12.6. The Kier molecular flexibility index (Phi) is 3.65. The Balaban J connectivity index is 2.15. The molecule has 2 rings (SSSR count). The van der Waals surface area contributed by atoms with Gasteiger partial charge in [0.25, 0.3) is 0 Å². The van der Waals surface area contributed by atoms with E-state index < -0.39 is 0 Å². The van der Waals surface area contributed by atoms with Gasteiger partial charge in [-0.3, -0.25) is 4.68 Å². The van der Waals surface area contributed by atoms with Crippen LogP contribution in [0.1, 0.15) is 31.0 Å². The normalized spacial score (nSPS) is 12.4. The lowest BCUT2D eigenvalue weighted by atomic mass is 10.1. The van der Waals surface area contributed by atoms with Crippen molar-refractivity contribution < 1.29 is 4.39 Å². The lowest BCUT2D eigenvalue weighted by Gasteiger charge is -2.15. The van der Waals surface area contributed by atoms with Crippen LogP contribution in [-0.4, -0.2) is 9.78 Å². The summed E-state index contributed by atoms with van der Waals surface area (Å²) >= 11 is 0. The Labute approximate surface area is 107 Å². The summed E-state index contributed by atoms with van der Waals surface area (Å²) in [4.78, 5) is 0. The van der Waals surface area contributed by atoms with E-state index in [1.165, 1.54) is 0 Å². The Bertz CT molecular complexity index is 534. The maximum atomic E-state index is 13.9. The molecule has 0 spiro atoms. The molecule has 3 nitrogen and oxygen atoms in total. The van der Waals surface area contributed by atoms with Crippen molar-refractivity contribution in [2.45, 2.75) is 33.4 Å². The first-order valence-corrected chi connectivity index (χ1v) is 6.15. The van der Waals surface area contributed by atoms with Crippen molar-refractivity contribution in [3.63, 3.8) is 0 Å². The summed E-state index contributed by atoms with van der Waals surface area (Å²) in [6.45, 7) is 6.64. The molecule has 1 unspecified atom stereocenters. The zero-order chi connectivity index (χ0) is 13.1. The van der Waals surface area contributed by atoms with Crippen LogP contribution in [0.5, 0.6) is 0 Å². The zero-order valence-corrected chi connectivity index (χ0v) is 10.9. The number of benzene rings is 1. The molecule has 0 radical (unpaired) electrons. The Morgan fingerprint density at radius 1 is 1.44 bits per heavy atom. The molecule has 1 heterocycles. The highest BCUT2D eigenvalue weighted by atomic mass is 19.1. The Morgan fingerprint density at radius 2 is 2.22 bits per heavy atom. The number of nitrogens with zero attached hydrogens (tertiary/aromatic N) is 2. The molecular formula is C14H18FN3. The largest absolute Gasteiger partial charge is 0.376 e. The number of halogens is 1. The van der Waals surface area contributed by atoms with Gasteiger partial charge in [-0.1, -0.05) is 12.1 Å². The first-order valence-electron chi connectivity index (χ1n) is 6.15. The van der Waals surface area contributed by atoms with Crippen LogP contribution in [0.15, 0.2) is 30.6 Å². The minimum atomic E-state index is -0.188. The van der Waals surface area contributed by atoms with Crippen molar-refractivity contribution in [3.8, 4) is 0 Å². The van der Waals surface area contributed by atoms with Crippen LogP contribution in [0, 0.1) is 12.7 Å². The van der Waals surface area contributed by atoms with Gasteiger partial charge in [0.15, 0.2) is 0 Å². The van der Waals surface area contributed by atoms with Gasteiger partial charge in [0, 0.05) is 18.3 Å². The molecule has 0 fully saturated rings. The molecule has 0 saturated carbocycles. The van der Waals surface area contributed by atoms with Gasteiger partial charge in [-0.05, 0) is 32.4 Å². The zero-order valence-electron chi connectivity index (χ0n) is 10.9. The van der Waals surface area contributed by atoms with Crippen molar-refractivity contribution in [1.29, 1.82) is 0 Å². The minimum Gasteiger partial charge on any atom is -0.376 e. The molecule has 0 aliphatic rings. The molecule has 96 valence electrons. The smallest absolute Gasteiger partial charge is 0.149 e. The van der Waals surface area contributed by atoms with E-state index in [1.807, 2.05) is 37.0 Å². The van der Waals surface area contributed by atoms with Gasteiger partial charge < -0.3 is 5.32 Å². The van der Waals surface area contributed by atoms with Crippen LogP contribution < -0.4 is 5.32 Å². The quantitative estimate of drug-likeness (QED) is 0.895. The van der Waals surface area contributed by atoms with Gasteiger partial charge >= 0.3 is 0 Å². The average molecular weight is 247 g/mol. The molecule has 1 aromatic heterocycles. The monoisotopic (exact) mass is 247 g/mol. The van der Waals surface area contributed by atoms with E-state index in [9.17, 15) is 4.39 Å². The number of hydrogen-bond donors (Lipinski definition) is 1. The first-order chi connectivity index (χ1) is 8.61. The van der Waals surface area contributed by atoms with Crippen LogP contribution in [0.25, 0.3) is 0 Å². The summed E-state index contributed by atoms with van der Waals surface area (Å²) in [6, 6.07) is 5.40. The molecule has 0 aliphatic heterocycles. The number of nitrogens with one attached hydrogen (secondary N) is 1. The highest BCUT2D eigenvalue weighted by Crippen LogP contribution is 2.23. The lowest BCUT2D eigenvalue weighted by Crippen LogP contribution is -2.07. The fourth-order valence-electron chi connectivity index (χ4n) is 1.85. The fourth-order valence-corrected chi connectivity index (χ4v) is 1.85. The summed E-state index contributed by atoms with van der Waals surface area (Å²) in [5.41, 5.74) is 2.24. The molecular weight excluding hydrogens is 229 g/mol. The van der Waals surface area contributed by atoms with Gasteiger partial charge in [-0.25, -0.2) is 4.39 Å². The maximum absolute atomic E-state index is 13.9. The van der Waals surface area contributed by atoms with Gasteiger partial charge in [-0.2, -0.15) is 5.10 Å². The third-order valence-electron chi connectivity index (χ3n) is 3.04. The summed E-state index contributed by atoms with van der Waals surface area (Å²) in [6.07, 6.45) is 3.79. The second-order valence-electron chi connectivity index (χ2n) is 4.43. The van der Waals surface area contributed by atoms with E-state index in [4.69, 9.17) is 0 Å². The molecule has 1 atom stereocenters. The average Bonchev–Trinajstić information content (AvgIpc) is 2.83. The molecule has 1 N–H and O–H groups in total. The summed E-state index contributed by atoms with van der Waals surface area (Å²) in [5.74, 6) is -0.188. The number of anilines is 1. The van der Waals surface area contributed by atoms with Crippen LogP contribution in [0.2, 0.25) is 0 Å². The third kappa shape index (κ3) is 2.53. The standard InChI is InChI=1S/C14H18FN3/c1-4-18-9-12(8-16-18)11(3)17-13-7-5-6-10(2)14(13)15/h5-9,11,17H,4H2,1-3H3. The van der Waals surface area contributed by atoms with Gasteiger partial charge in [0.1, 0.15) is 5.82 Å². The van der Waals surface area contributed by atoms with Gasteiger partial charge in [0.05, 0.1) is 17.9 Å². The van der Waals surface area contributed by atoms with Gasteiger partial charge in [0.2, 0.25) is 0 Å². The third-order valence-corrected chi connectivity index (χ3v) is 3.04. The fraction of sp³-hybridized carbons (Fsp3) is 0.357. The second kappa shape index (κ2) is 5.21. The van der Waals surface area contributed by atoms with E-state index >= 15 is 0 Å². The molecule has 0 bridgehead atoms. The van der Waals surface area contributed by atoms with E-state index in [0.29, 0.717) is 11.3 Å². The van der Waals surface area contributed by atoms with Crippen LogP contribution in [0.4, 0.5) is 10.1 Å². The molecule has 2 aromatic rings. The number of aryl methyl sites for hydroxylation is 2. The number of rotatable bonds is 4. The van der Waals surface area contributed by atoms with Crippen LogP contribution in [0.3, 0.4) is 0 Å². The number of hydrogen-bond acceptors (Lipinski definition) is 2. The van der Waals surface area contributed by atoms with E-state index in [1.54, 1.807) is 19.1 Å². The summed E-state index contributed by atoms with van der Waals surface area (Å²) in [5, 5.41) is 7.40. The minimum absolute atomic E-state index is 0.0293. The van der Waals surface area contributed by atoms with E-state index in [2.05, 4.69) is 10.4 Å². The van der Waals surface area contributed by atoms with E-state index in [0.717, 1.165) is 12.1 Å². The maximum Gasteiger partial charge on any atom is 0.149 e.